The van der Waals surface area contributed by atoms with E-state index in [0.717, 1.165) is 23.4 Å². The molecule has 1 aliphatic rings. The molecule has 29 heavy (non-hydrogen) atoms. The van der Waals surface area contributed by atoms with Crippen molar-refractivity contribution in [2.24, 2.45) is 0 Å². The number of aromatic amines is 1. The molecule has 0 bridgehead atoms. The number of carbonyl (C=O) groups excluding carboxylic acids is 1. The van der Waals surface area contributed by atoms with E-state index in [1.807, 2.05) is 30.3 Å². The summed E-state index contributed by atoms with van der Waals surface area (Å²) in [6, 6.07) is 16.4. The molecule has 0 radical (unpaired) electrons. The molecule has 1 amide bonds. The van der Waals surface area contributed by atoms with Crippen molar-refractivity contribution in [2.45, 2.75) is 38.1 Å². The lowest BCUT2D eigenvalue weighted by Gasteiger charge is -2.18. The summed E-state index contributed by atoms with van der Waals surface area (Å²) in [5, 5.41) is 3.22. The van der Waals surface area contributed by atoms with Crippen LogP contribution >= 0.6 is 11.8 Å². The van der Waals surface area contributed by atoms with Crippen molar-refractivity contribution < 1.29 is 4.79 Å². The first-order chi connectivity index (χ1) is 14.2. The van der Waals surface area contributed by atoms with E-state index in [2.05, 4.69) is 45.3 Å². The first-order valence-corrected chi connectivity index (χ1v) is 11.4. The molecule has 5 nitrogen and oxygen atoms in total. The summed E-state index contributed by atoms with van der Waals surface area (Å²) in [4.78, 5) is 22.9. The van der Waals surface area contributed by atoms with Crippen LogP contribution in [0.15, 0.2) is 48.5 Å². The molecule has 2 aromatic carbocycles. The van der Waals surface area contributed by atoms with Gasteiger partial charge in [0.15, 0.2) is 0 Å². The number of benzene rings is 2. The highest BCUT2D eigenvalue weighted by Crippen LogP contribution is 2.27. The van der Waals surface area contributed by atoms with Crippen LogP contribution in [0.2, 0.25) is 0 Å². The minimum Gasteiger partial charge on any atom is -0.351 e. The predicted octanol–water partition coefficient (Wildman–Crippen LogP) is 4.27. The average Bonchev–Trinajstić information content (AvgIpc) is 3.41. The lowest BCUT2D eigenvalue weighted by Crippen LogP contribution is -2.26. The smallest absolute Gasteiger partial charge is 0.230 e. The summed E-state index contributed by atoms with van der Waals surface area (Å²) in [5.74, 6) is 1.40. The normalized spacial score (nSPS) is 15.6. The summed E-state index contributed by atoms with van der Waals surface area (Å²) in [7, 11) is 0. The molecule has 0 spiro atoms. The minimum absolute atomic E-state index is 0.0638. The Morgan fingerprint density at radius 3 is 2.66 bits per heavy atom. The Labute approximate surface area is 176 Å². The van der Waals surface area contributed by atoms with Crippen molar-refractivity contribution >= 4 is 28.7 Å². The van der Waals surface area contributed by atoms with Gasteiger partial charge in [-0.3, -0.25) is 9.69 Å². The van der Waals surface area contributed by atoms with Crippen LogP contribution in [-0.2, 0) is 17.9 Å². The molecule has 1 aromatic heterocycles. The predicted molar refractivity (Wildman–Crippen MR) is 120 cm³/mol. The monoisotopic (exact) mass is 408 g/mol. The Balaban J connectivity index is 1.28. The Bertz CT molecular complexity index is 931. The van der Waals surface area contributed by atoms with Gasteiger partial charge in [-0.25, -0.2) is 4.98 Å². The molecule has 0 aliphatic carbocycles. The maximum atomic E-state index is 12.4. The van der Waals surface area contributed by atoms with E-state index < -0.39 is 0 Å². The highest BCUT2D eigenvalue weighted by Gasteiger charge is 2.15. The largest absolute Gasteiger partial charge is 0.351 e. The summed E-state index contributed by atoms with van der Waals surface area (Å²) < 4.78 is 0. The number of rotatable bonds is 8. The van der Waals surface area contributed by atoms with Crippen molar-refractivity contribution in [1.82, 2.24) is 20.2 Å². The summed E-state index contributed by atoms with van der Waals surface area (Å²) in [6.07, 6.45) is 2.58. The van der Waals surface area contributed by atoms with Gasteiger partial charge in [-0.2, -0.15) is 0 Å². The molecule has 0 saturated carbocycles. The number of para-hydroxylation sites is 2. The van der Waals surface area contributed by atoms with E-state index in [4.69, 9.17) is 0 Å². The number of fused-ring (bicyclic) bond motifs is 1. The number of carbonyl (C=O) groups is 1. The number of nitrogens with one attached hydrogen (secondary N) is 2. The zero-order valence-corrected chi connectivity index (χ0v) is 17.7. The number of likely N-dealkylation sites (tertiary alicyclic amines) is 1. The fourth-order valence-corrected chi connectivity index (χ4v) is 4.53. The van der Waals surface area contributed by atoms with Gasteiger partial charge in [-0.1, -0.05) is 36.4 Å². The van der Waals surface area contributed by atoms with Crippen LogP contribution in [0.4, 0.5) is 0 Å². The molecule has 1 saturated heterocycles. The molecule has 2 N–H and O–H groups in total. The standard InChI is InChI=1S/C23H28N4OS/c1-17(23-25-20-10-4-5-11-21(20)26-23)29-16-22(28)24-14-18-8-2-3-9-19(18)15-27-12-6-7-13-27/h2-5,8-11,17H,6-7,12-16H2,1H3,(H,24,28)(H,25,26). The van der Waals surface area contributed by atoms with E-state index in [0.29, 0.717) is 12.3 Å². The van der Waals surface area contributed by atoms with Crippen LogP contribution in [-0.4, -0.2) is 39.6 Å². The van der Waals surface area contributed by atoms with Gasteiger partial charge < -0.3 is 10.3 Å². The molecule has 1 unspecified atom stereocenters. The van der Waals surface area contributed by atoms with Gasteiger partial charge in [0.05, 0.1) is 22.0 Å². The van der Waals surface area contributed by atoms with Crippen LogP contribution in [0.1, 0.15) is 42.0 Å². The van der Waals surface area contributed by atoms with Crippen LogP contribution < -0.4 is 5.32 Å². The SMILES string of the molecule is CC(SCC(=O)NCc1ccccc1CN1CCCC1)c1nc2ccccc2[nH]1. The number of H-pyrrole nitrogens is 1. The molecule has 1 atom stereocenters. The molecule has 4 rings (SSSR count). The van der Waals surface area contributed by atoms with Gasteiger partial charge in [0.2, 0.25) is 5.91 Å². The molecule has 152 valence electrons. The highest BCUT2D eigenvalue weighted by atomic mass is 32.2. The lowest BCUT2D eigenvalue weighted by molar-refractivity contribution is -0.118. The van der Waals surface area contributed by atoms with Gasteiger partial charge in [0.25, 0.3) is 0 Å². The zero-order chi connectivity index (χ0) is 20.1. The molecule has 1 fully saturated rings. The number of amides is 1. The fourth-order valence-electron chi connectivity index (χ4n) is 3.76. The van der Waals surface area contributed by atoms with Gasteiger partial charge in [-0.15, -0.1) is 11.8 Å². The second kappa shape index (κ2) is 9.46. The van der Waals surface area contributed by atoms with Crippen LogP contribution in [0.5, 0.6) is 0 Å². The Hall–Kier alpha value is -2.31. The van der Waals surface area contributed by atoms with E-state index >= 15 is 0 Å². The van der Waals surface area contributed by atoms with Crippen molar-refractivity contribution in [3.05, 3.63) is 65.5 Å². The van der Waals surface area contributed by atoms with E-state index in [9.17, 15) is 4.79 Å². The van der Waals surface area contributed by atoms with Crippen molar-refractivity contribution in [3.63, 3.8) is 0 Å². The molecular weight excluding hydrogens is 380 g/mol. The van der Waals surface area contributed by atoms with Crippen LogP contribution in [0, 0.1) is 0 Å². The number of nitrogens with zero attached hydrogens (tertiary/aromatic N) is 2. The average molecular weight is 409 g/mol. The Morgan fingerprint density at radius 2 is 1.86 bits per heavy atom. The number of imidazole rings is 1. The topological polar surface area (TPSA) is 61.0 Å². The number of hydrogen-bond acceptors (Lipinski definition) is 4. The fraction of sp³-hybridized carbons (Fsp3) is 0.391. The molecule has 3 aromatic rings. The highest BCUT2D eigenvalue weighted by molar-refractivity contribution is 8.00. The summed E-state index contributed by atoms with van der Waals surface area (Å²) in [5.41, 5.74) is 4.53. The Kier molecular flexibility index (Phi) is 6.52. The molecule has 6 heteroatoms. The number of aromatic nitrogens is 2. The van der Waals surface area contributed by atoms with Gasteiger partial charge in [-0.05, 0) is 56.1 Å². The second-order valence-electron chi connectivity index (χ2n) is 7.62. The summed E-state index contributed by atoms with van der Waals surface area (Å²) >= 11 is 1.60. The third kappa shape index (κ3) is 5.19. The maximum absolute atomic E-state index is 12.4. The van der Waals surface area contributed by atoms with Gasteiger partial charge in [0, 0.05) is 13.1 Å². The third-order valence-corrected chi connectivity index (χ3v) is 6.60. The maximum Gasteiger partial charge on any atom is 0.230 e. The first kappa shape index (κ1) is 20.0. The molecule has 1 aliphatic heterocycles. The minimum atomic E-state index is 0.0638. The molecular formula is C23H28N4OS. The number of thioether (sulfide) groups is 1. The van der Waals surface area contributed by atoms with Gasteiger partial charge >= 0.3 is 0 Å². The van der Waals surface area contributed by atoms with E-state index in [-0.39, 0.29) is 11.2 Å². The van der Waals surface area contributed by atoms with Crippen molar-refractivity contribution in [1.29, 1.82) is 0 Å². The zero-order valence-electron chi connectivity index (χ0n) is 16.9. The number of hydrogen-bond donors (Lipinski definition) is 2. The van der Waals surface area contributed by atoms with Crippen molar-refractivity contribution in [2.75, 3.05) is 18.8 Å². The second-order valence-corrected chi connectivity index (χ2v) is 8.95. The third-order valence-electron chi connectivity index (χ3n) is 5.44. The molecule has 2 heterocycles. The summed E-state index contributed by atoms with van der Waals surface area (Å²) in [6.45, 7) is 6.00. The van der Waals surface area contributed by atoms with Crippen LogP contribution in [0.3, 0.4) is 0 Å². The van der Waals surface area contributed by atoms with E-state index in [1.165, 1.54) is 37.1 Å². The Morgan fingerprint density at radius 1 is 1.14 bits per heavy atom. The first-order valence-electron chi connectivity index (χ1n) is 10.3. The van der Waals surface area contributed by atoms with E-state index in [1.54, 1.807) is 11.8 Å². The van der Waals surface area contributed by atoms with Crippen LogP contribution in [0.25, 0.3) is 11.0 Å². The lowest BCUT2D eigenvalue weighted by atomic mass is 10.1. The van der Waals surface area contributed by atoms with Gasteiger partial charge in [0.1, 0.15) is 5.82 Å². The quantitative estimate of drug-likeness (QED) is 0.584. The van der Waals surface area contributed by atoms with Crippen molar-refractivity contribution in [3.8, 4) is 0 Å².